The first-order chi connectivity index (χ1) is 11.1. The maximum atomic E-state index is 13.5. The fourth-order valence-corrected chi connectivity index (χ4v) is 5.16. The van der Waals surface area contributed by atoms with Crippen LogP contribution in [0.1, 0.15) is 30.9 Å². The van der Waals surface area contributed by atoms with Crippen LogP contribution >= 0.6 is 12.4 Å². The molecule has 1 aromatic rings. The standard InChI is InChI=1S/C16H23FN2O3S.ClH/c17-14-5-3-4-13(10-14)16-11-18-7-8-19(16)23(20,21)12-15-6-1-2-9-22-15;/h3-5,10,15-16,18H,1-2,6-9,11-12H2;1H. The van der Waals surface area contributed by atoms with Crippen molar-refractivity contribution in [2.45, 2.75) is 31.4 Å². The van der Waals surface area contributed by atoms with Crippen molar-refractivity contribution in [1.29, 1.82) is 0 Å². The Bertz CT molecular complexity index is 638. The molecule has 2 aliphatic rings. The van der Waals surface area contributed by atoms with Gasteiger partial charge in [-0.2, -0.15) is 4.31 Å². The minimum atomic E-state index is -3.45. The molecule has 0 saturated carbocycles. The van der Waals surface area contributed by atoms with Gasteiger partial charge in [0.25, 0.3) is 0 Å². The highest BCUT2D eigenvalue weighted by Gasteiger charge is 2.35. The number of nitrogens with one attached hydrogen (secondary N) is 1. The zero-order valence-electron chi connectivity index (χ0n) is 13.5. The molecule has 1 aromatic carbocycles. The Kier molecular flexibility index (Phi) is 7.00. The van der Waals surface area contributed by atoms with E-state index in [0.29, 0.717) is 31.8 Å². The molecular weight excluding hydrogens is 355 g/mol. The second-order valence-electron chi connectivity index (χ2n) is 6.15. The highest BCUT2D eigenvalue weighted by Crippen LogP contribution is 2.27. The van der Waals surface area contributed by atoms with E-state index >= 15 is 0 Å². The van der Waals surface area contributed by atoms with Gasteiger partial charge in [-0.1, -0.05) is 12.1 Å². The van der Waals surface area contributed by atoms with Crippen LogP contribution in [0.5, 0.6) is 0 Å². The summed E-state index contributed by atoms with van der Waals surface area (Å²) in [7, 11) is -3.45. The summed E-state index contributed by atoms with van der Waals surface area (Å²) in [6.07, 6.45) is 2.57. The number of nitrogens with zero attached hydrogens (tertiary/aromatic N) is 1. The smallest absolute Gasteiger partial charge is 0.217 e. The third-order valence-corrected chi connectivity index (χ3v) is 6.40. The second kappa shape index (κ2) is 8.58. The summed E-state index contributed by atoms with van der Waals surface area (Å²) in [4.78, 5) is 0. The van der Waals surface area contributed by atoms with E-state index in [9.17, 15) is 12.8 Å². The first kappa shape index (κ1) is 19.6. The fraction of sp³-hybridized carbons (Fsp3) is 0.625. The number of ether oxygens (including phenoxy) is 1. The van der Waals surface area contributed by atoms with Gasteiger partial charge in [-0.3, -0.25) is 0 Å². The molecule has 2 fully saturated rings. The van der Waals surface area contributed by atoms with Crippen molar-refractivity contribution in [1.82, 2.24) is 9.62 Å². The van der Waals surface area contributed by atoms with Crippen LogP contribution in [0.2, 0.25) is 0 Å². The zero-order chi connectivity index (χ0) is 16.3. The quantitative estimate of drug-likeness (QED) is 0.871. The minimum absolute atomic E-state index is 0. The van der Waals surface area contributed by atoms with Crippen molar-refractivity contribution in [3.05, 3.63) is 35.6 Å². The Labute approximate surface area is 149 Å². The van der Waals surface area contributed by atoms with Crippen LogP contribution in [0.3, 0.4) is 0 Å². The lowest BCUT2D eigenvalue weighted by Crippen LogP contribution is -2.50. The molecule has 2 saturated heterocycles. The van der Waals surface area contributed by atoms with E-state index in [4.69, 9.17) is 4.74 Å². The molecule has 2 atom stereocenters. The summed E-state index contributed by atoms with van der Waals surface area (Å²) in [6, 6.07) is 5.81. The summed E-state index contributed by atoms with van der Waals surface area (Å²) in [6.45, 7) is 2.13. The number of halogens is 2. The predicted molar refractivity (Wildman–Crippen MR) is 93.3 cm³/mol. The van der Waals surface area contributed by atoms with Crippen LogP contribution in [0.15, 0.2) is 24.3 Å². The third kappa shape index (κ3) is 4.67. The van der Waals surface area contributed by atoms with Crippen molar-refractivity contribution in [3.8, 4) is 0 Å². The van der Waals surface area contributed by atoms with Crippen LogP contribution < -0.4 is 5.32 Å². The summed E-state index contributed by atoms with van der Waals surface area (Å²) in [5, 5.41) is 3.20. The SMILES string of the molecule is Cl.O=S(=O)(CC1CCCCO1)N1CCNCC1c1cccc(F)c1. The molecule has 2 heterocycles. The molecule has 0 amide bonds. The van der Waals surface area contributed by atoms with Crippen LogP contribution in [0, 0.1) is 5.82 Å². The summed E-state index contributed by atoms with van der Waals surface area (Å²) in [5.74, 6) is -0.334. The van der Waals surface area contributed by atoms with Crippen molar-refractivity contribution in [3.63, 3.8) is 0 Å². The van der Waals surface area contributed by atoms with Crippen LogP contribution in [0.25, 0.3) is 0 Å². The van der Waals surface area contributed by atoms with Crippen LogP contribution in [-0.2, 0) is 14.8 Å². The number of piperazine rings is 1. The molecule has 8 heteroatoms. The molecule has 24 heavy (non-hydrogen) atoms. The van der Waals surface area contributed by atoms with Crippen LogP contribution in [0.4, 0.5) is 4.39 Å². The molecule has 5 nitrogen and oxygen atoms in total. The molecular formula is C16H24ClFN2O3S. The van der Waals surface area contributed by atoms with Gasteiger partial charge in [-0.05, 0) is 37.0 Å². The van der Waals surface area contributed by atoms with E-state index < -0.39 is 10.0 Å². The Morgan fingerprint density at radius 3 is 2.88 bits per heavy atom. The maximum Gasteiger partial charge on any atom is 0.217 e. The number of hydrogen-bond donors (Lipinski definition) is 1. The lowest BCUT2D eigenvalue weighted by molar-refractivity contribution is 0.0296. The van der Waals surface area contributed by atoms with Crippen molar-refractivity contribution in [2.75, 3.05) is 32.0 Å². The minimum Gasteiger partial charge on any atom is -0.377 e. The van der Waals surface area contributed by atoms with Crippen molar-refractivity contribution in [2.24, 2.45) is 0 Å². The van der Waals surface area contributed by atoms with Crippen molar-refractivity contribution < 1.29 is 17.5 Å². The van der Waals surface area contributed by atoms with Gasteiger partial charge in [0, 0.05) is 26.2 Å². The molecule has 2 unspecified atom stereocenters. The van der Waals surface area contributed by atoms with Gasteiger partial charge >= 0.3 is 0 Å². The van der Waals surface area contributed by atoms with E-state index in [1.54, 1.807) is 12.1 Å². The lowest BCUT2D eigenvalue weighted by Gasteiger charge is -2.36. The Balaban J connectivity index is 0.00000208. The molecule has 136 valence electrons. The lowest BCUT2D eigenvalue weighted by atomic mass is 10.1. The fourth-order valence-electron chi connectivity index (χ4n) is 3.29. The van der Waals surface area contributed by atoms with Gasteiger partial charge in [0.05, 0.1) is 17.9 Å². The number of hydrogen-bond acceptors (Lipinski definition) is 4. The van der Waals surface area contributed by atoms with Gasteiger partial charge in [0.15, 0.2) is 0 Å². The normalized spacial score (nSPS) is 25.9. The number of rotatable bonds is 4. The third-order valence-electron chi connectivity index (χ3n) is 4.46. The van der Waals surface area contributed by atoms with E-state index in [1.165, 1.54) is 16.4 Å². The second-order valence-corrected chi connectivity index (χ2v) is 8.12. The Morgan fingerprint density at radius 2 is 2.17 bits per heavy atom. The molecule has 2 aliphatic heterocycles. The van der Waals surface area contributed by atoms with E-state index in [1.807, 2.05) is 0 Å². The van der Waals surface area contributed by atoms with Gasteiger partial charge < -0.3 is 10.1 Å². The Morgan fingerprint density at radius 1 is 1.33 bits per heavy atom. The molecule has 3 rings (SSSR count). The number of benzene rings is 1. The summed E-state index contributed by atoms with van der Waals surface area (Å²) < 4.78 is 46.3. The Hall–Kier alpha value is -0.730. The van der Waals surface area contributed by atoms with E-state index in [-0.39, 0.29) is 36.1 Å². The highest BCUT2D eigenvalue weighted by atomic mass is 35.5. The highest BCUT2D eigenvalue weighted by molar-refractivity contribution is 7.89. The number of sulfonamides is 1. The predicted octanol–water partition coefficient (Wildman–Crippen LogP) is 2.09. The average Bonchev–Trinajstić information content (AvgIpc) is 2.55. The first-order valence-electron chi connectivity index (χ1n) is 8.13. The van der Waals surface area contributed by atoms with Gasteiger partial charge in [-0.15, -0.1) is 12.4 Å². The van der Waals surface area contributed by atoms with Crippen LogP contribution in [-0.4, -0.2) is 50.8 Å². The first-order valence-corrected chi connectivity index (χ1v) is 9.74. The maximum absolute atomic E-state index is 13.5. The monoisotopic (exact) mass is 378 g/mol. The van der Waals surface area contributed by atoms with Gasteiger partial charge in [0.1, 0.15) is 5.82 Å². The zero-order valence-corrected chi connectivity index (χ0v) is 15.1. The van der Waals surface area contributed by atoms with E-state index in [0.717, 1.165) is 19.3 Å². The average molecular weight is 379 g/mol. The molecule has 0 radical (unpaired) electrons. The largest absolute Gasteiger partial charge is 0.377 e. The molecule has 0 aliphatic carbocycles. The molecule has 0 aromatic heterocycles. The van der Waals surface area contributed by atoms with Gasteiger partial charge in [-0.25, -0.2) is 12.8 Å². The topological polar surface area (TPSA) is 58.6 Å². The molecule has 1 N–H and O–H groups in total. The van der Waals surface area contributed by atoms with E-state index in [2.05, 4.69) is 5.32 Å². The molecule has 0 bridgehead atoms. The summed E-state index contributed by atoms with van der Waals surface area (Å²) >= 11 is 0. The molecule has 0 spiro atoms. The van der Waals surface area contributed by atoms with Gasteiger partial charge in [0.2, 0.25) is 10.0 Å². The summed E-state index contributed by atoms with van der Waals surface area (Å²) in [5.41, 5.74) is 0.685. The van der Waals surface area contributed by atoms with Crippen molar-refractivity contribution >= 4 is 22.4 Å².